The van der Waals surface area contributed by atoms with Gasteiger partial charge in [0.15, 0.2) is 0 Å². The minimum absolute atomic E-state index is 0.0902. The maximum Gasteiger partial charge on any atom is 0.241 e. The van der Waals surface area contributed by atoms with Crippen LogP contribution in [0.4, 0.5) is 5.69 Å². The van der Waals surface area contributed by atoms with Crippen molar-refractivity contribution in [3.05, 3.63) is 60.7 Å². The van der Waals surface area contributed by atoms with Crippen LogP contribution in [0.2, 0.25) is 0 Å². The Morgan fingerprint density at radius 3 is 2.20 bits per heavy atom. The van der Waals surface area contributed by atoms with Gasteiger partial charge >= 0.3 is 0 Å². The number of para-hydroxylation sites is 1. The van der Waals surface area contributed by atoms with E-state index in [1.54, 1.807) is 0 Å². The van der Waals surface area contributed by atoms with Gasteiger partial charge in [-0.3, -0.25) is 4.79 Å². The molecule has 0 bridgehead atoms. The summed E-state index contributed by atoms with van der Waals surface area (Å²) in [6.07, 6.45) is 0. The first kappa shape index (κ1) is 14.9. The zero-order chi connectivity index (χ0) is 14.4. The molecule has 1 amide bonds. The van der Waals surface area contributed by atoms with Crippen LogP contribution >= 0.6 is 23.4 Å². The standard InChI is InChI=1S/C16H16ClNOS/c1-16(12-17,20-14-10-6-3-7-11-14)15(19)18-13-8-4-2-5-9-13/h2-11H,12H2,1H3,(H,18,19). The molecule has 1 N–H and O–H groups in total. The van der Waals surface area contributed by atoms with Gasteiger partial charge in [-0.25, -0.2) is 0 Å². The van der Waals surface area contributed by atoms with Crippen LogP contribution in [-0.4, -0.2) is 16.5 Å². The van der Waals surface area contributed by atoms with Gasteiger partial charge in [0.1, 0.15) is 4.75 Å². The number of hydrogen-bond donors (Lipinski definition) is 1. The van der Waals surface area contributed by atoms with E-state index >= 15 is 0 Å². The van der Waals surface area contributed by atoms with Gasteiger partial charge in [0.2, 0.25) is 5.91 Å². The molecule has 1 atom stereocenters. The molecule has 0 aliphatic carbocycles. The molecule has 0 spiro atoms. The molecule has 104 valence electrons. The van der Waals surface area contributed by atoms with Gasteiger partial charge in [-0.2, -0.15) is 0 Å². The molecule has 2 aromatic carbocycles. The fourth-order valence-corrected chi connectivity index (χ4v) is 2.96. The van der Waals surface area contributed by atoms with E-state index in [1.807, 2.05) is 67.6 Å². The number of benzene rings is 2. The number of alkyl halides is 1. The lowest BCUT2D eigenvalue weighted by Gasteiger charge is -2.25. The van der Waals surface area contributed by atoms with E-state index in [-0.39, 0.29) is 11.8 Å². The molecule has 4 heteroatoms. The number of hydrogen-bond acceptors (Lipinski definition) is 2. The summed E-state index contributed by atoms with van der Waals surface area (Å²) >= 11 is 7.51. The monoisotopic (exact) mass is 305 g/mol. The van der Waals surface area contributed by atoms with E-state index in [0.29, 0.717) is 0 Å². The maximum atomic E-state index is 12.5. The van der Waals surface area contributed by atoms with Crippen LogP contribution < -0.4 is 5.32 Å². The van der Waals surface area contributed by atoms with Crippen molar-refractivity contribution in [1.82, 2.24) is 0 Å². The number of rotatable bonds is 5. The molecule has 0 saturated carbocycles. The number of thioether (sulfide) groups is 1. The van der Waals surface area contributed by atoms with Crippen molar-refractivity contribution in [3.8, 4) is 0 Å². The van der Waals surface area contributed by atoms with E-state index in [4.69, 9.17) is 11.6 Å². The first-order valence-corrected chi connectivity index (χ1v) is 7.66. The Hall–Kier alpha value is -1.45. The molecule has 1 unspecified atom stereocenters. The van der Waals surface area contributed by atoms with Crippen LogP contribution in [0, 0.1) is 0 Å². The number of nitrogens with one attached hydrogen (secondary N) is 1. The third-order valence-corrected chi connectivity index (χ3v) is 4.83. The molecule has 20 heavy (non-hydrogen) atoms. The fourth-order valence-electron chi connectivity index (χ4n) is 1.67. The van der Waals surface area contributed by atoms with Crippen LogP contribution in [-0.2, 0) is 4.79 Å². The highest BCUT2D eigenvalue weighted by atomic mass is 35.5. The third-order valence-electron chi connectivity index (χ3n) is 2.85. The van der Waals surface area contributed by atoms with Gasteiger partial charge in [0.25, 0.3) is 0 Å². The van der Waals surface area contributed by atoms with E-state index < -0.39 is 4.75 Å². The molecule has 2 aromatic rings. The second-order valence-electron chi connectivity index (χ2n) is 4.60. The lowest BCUT2D eigenvalue weighted by molar-refractivity contribution is -0.117. The highest BCUT2D eigenvalue weighted by Gasteiger charge is 2.33. The number of carbonyl (C=O) groups excluding carboxylic acids is 1. The highest BCUT2D eigenvalue weighted by molar-refractivity contribution is 8.01. The Balaban J connectivity index is 2.11. The van der Waals surface area contributed by atoms with Gasteiger partial charge < -0.3 is 5.32 Å². The number of halogens is 1. The minimum atomic E-state index is -0.710. The summed E-state index contributed by atoms with van der Waals surface area (Å²) in [7, 11) is 0. The molecule has 0 aliphatic rings. The zero-order valence-corrected chi connectivity index (χ0v) is 12.7. The first-order valence-electron chi connectivity index (χ1n) is 6.30. The Kier molecular flexibility index (Phi) is 5.10. The largest absolute Gasteiger partial charge is 0.325 e. The number of amides is 1. The molecule has 0 aliphatic heterocycles. The van der Waals surface area contributed by atoms with Gasteiger partial charge in [-0.15, -0.1) is 23.4 Å². The zero-order valence-electron chi connectivity index (χ0n) is 11.2. The quantitative estimate of drug-likeness (QED) is 0.654. The van der Waals surface area contributed by atoms with E-state index in [1.165, 1.54) is 11.8 Å². The molecular weight excluding hydrogens is 290 g/mol. The Morgan fingerprint density at radius 2 is 1.65 bits per heavy atom. The normalized spacial score (nSPS) is 13.5. The third kappa shape index (κ3) is 3.78. The summed E-state index contributed by atoms with van der Waals surface area (Å²) in [6, 6.07) is 19.2. The predicted octanol–water partition coefficient (Wildman–Crippen LogP) is 4.41. The Morgan fingerprint density at radius 1 is 1.10 bits per heavy atom. The van der Waals surface area contributed by atoms with Gasteiger partial charge in [-0.05, 0) is 31.2 Å². The van der Waals surface area contributed by atoms with Crippen LogP contribution in [0.25, 0.3) is 0 Å². The predicted molar refractivity (Wildman–Crippen MR) is 86.5 cm³/mol. The van der Waals surface area contributed by atoms with Gasteiger partial charge in [0, 0.05) is 16.5 Å². The van der Waals surface area contributed by atoms with Crippen LogP contribution in [0.5, 0.6) is 0 Å². The maximum absolute atomic E-state index is 12.5. The second kappa shape index (κ2) is 6.82. The van der Waals surface area contributed by atoms with Crippen molar-refractivity contribution in [3.63, 3.8) is 0 Å². The second-order valence-corrected chi connectivity index (χ2v) is 6.44. The van der Waals surface area contributed by atoms with Crippen molar-refractivity contribution in [2.24, 2.45) is 0 Å². The average molecular weight is 306 g/mol. The summed E-state index contributed by atoms with van der Waals surface area (Å²) < 4.78 is -0.710. The number of carbonyl (C=O) groups is 1. The lowest BCUT2D eigenvalue weighted by atomic mass is 10.2. The van der Waals surface area contributed by atoms with Crippen molar-refractivity contribution >= 4 is 35.0 Å². The number of anilines is 1. The topological polar surface area (TPSA) is 29.1 Å². The van der Waals surface area contributed by atoms with E-state index in [0.717, 1.165) is 10.6 Å². The van der Waals surface area contributed by atoms with E-state index in [9.17, 15) is 4.79 Å². The van der Waals surface area contributed by atoms with Crippen LogP contribution in [0.1, 0.15) is 6.92 Å². The molecule has 0 fully saturated rings. The Labute approximate surface area is 128 Å². The molecule has 0 aromatic heterocycles. The molecule has 2 rings (SSSR count). The van der Waals surface area contributed by atoms with Crippen LogP contribution in [0.15, 0.2) is 65.6 Å². The summed E-state index contributed by atoms with van der Waals surface area (Å²) in [5.74, 6) is 0.151. The summed E-state index contributed by atoms with van der Waals surface area (Å²) in [4.78, 5) is 13.5. The van der Waals surface area contributed by atoms with Crippen LogP contribution in [0.3, 0.4) is 0 Å². The summed E-state index contributed by atoms with van der Waals surface area (Å²) in [5, 5.41) is 2.91. The van der Waals surface area contributed by atoms with Crippen molar-refractivity contribution < 1.29 is 4.79 Å². The fraction of sp³-hybridized carbons (Fsp3) is 0.188. The first-order chi connectivity index (χ1) is 9.64. The summed E-state index contributed by atoms with van der Waals surface area (Å²) in [5.41, 5.74) is 0.780. The minimum Gasteiger partial charge on any atom is -0.325 e. The van der Waals surface area contributed by atoms with Gasteiger partial charge in [-0.1, -0.05) is 36.4 Å². The molecule has 0 saturated heterocycles. The molecule has 2 nitrogen and oxygen atoms in total. The van der Waals surface area contributed by atoms with Crippen molar-refractivity contribution in [1.29, 1.82) is 0 Å². The van der Waals surface area contributed by atoms with Crippen molar-refractivity contribution in [2.45, 2.75) is 16.6 Å². The van der Waals surface area contributed by atoms with Gasteiger partial charge in [0.05, 0.1) is 0 Å². The lowest BCUT2D eigenvalue weighted by Crippen LogP contribution is -2.38. The SMILES string of the molecule is CC(CCl)(Sc1ccccc1)C(=O)Nc1ccccc1. The average Bonchev–Trinajstić information content (AvgIpc) is 2.49. The van der Waals surface area contributed by atoms with Crippen molar-refractivity contribution in [2.75, 3.05) is 11.2 Å². The Bertz CT molecular complexity index is 561. The van der Waals surface area contributed by atoms with E-state index in [2.05, 4.69) is 5.32 Å². The summed E-state index contributed by atoms with van der Waals surface area (Å²) in [6.45, 7) is 1.86. The highest BCUT2D eigenvalue weighted by Crippen LogP contribution is 2.34. The molecule has 0 radical (unpaired) electrons. The molecular formula is C16H16ClNOS. The molecule has 0 heterocycles. The smallest absolute Gasteiger partial charge is 0.241 e.